The topological polar surface area (TPSA) is 155 Å². The summed E-state index contributed by atoms with van der Waals surface area (Å²) in [5, 5.41) is 10.8. The highest BCUT2D eigenvalue weighted by Gasteiger charge is 2.43. The fraction of sp³-hybridized carbons (Fsp3) is 0.857. The Labute approximate surface area is 199 Å². The Kier molecular flexibility index (Phi) is 20.5. The molecule has 0 unspecified atom stereocenters. The van der Waals surface area contributed by atoms with Gasteiger partial charge >= 0.3 is 17.9 Å². The van der Waals surface area contributed by atoms with Crippen LogP contribution in [0.1, 0.15) is 12.8 Å². The summed E-state index contributed by atoms with van der Waals surface area (Å²) in [5.74, 6) is -3.01. The van der Waals surface area contributed by atoms with Crippen molar-refractivity contribution in [3.05, 3.63) is 0 Å². The van der Waals surface area contributed by atoms with Crippen LogP contribution in [0.3, 0.4) is 0 Å². The standard InChI is InChI=1S/C21H38O13/c1-26-4-7-29-10-13-32-18(22)16-21(25,20(24)34-15-12-31-9-6-28-3)17-19(23)33-14-11-30-8-5-27-2/h25H,4-17H2,1-3H3. The van der Waals surface area contributed by atoms with Gasteiger partial charge in [0.15, 0.2) is 5.60 Å². The summed E-state index contributed by atoms with van der Waals surface area (Å²) in [7, 11) is 4.56. The van der Waals surface area contributed by atoms with Gasteiger partial charge < -0.3 is 47.7 Å². The van der Waals surface area contributed by atoms with Crippen molar-refractivity contribution in [2.45, 2.75) is 18.4 Å². The number of carbonyl (C=O) groups is 3. The average molecular weight is 499 g/mol. The van der Waals surface area contributed by atoms with E-state index in [1.54, 1.807) is 0 Å². The van der Waals surface area contributed by atoms with Gasteiger partial charge in [-0.1, -0.05) is 0 Å². The molecule has 0 aliphatic heterocycles. The lowest BCUT2D eigenvalue weighted by Crippen LogP contribution is -2.45. The van der Waals surface area contributed by atoms with Crippen molar-refractivity contribution >= 4 is 17.9 Å². The van der Waals surface area contributed by atoms with Gasteiger partial charge in [-0.25, -0.2) is 4.79 Å². The Bertz CT molecular complexity index is 511. The minimum absolute atomic E-state index is 0.0394. The first-order valence-electron chi connectivity index (χ1n) is 10.8. The molecule has 0 saturated heterocycles. The molecule has 200 valence electrons. The third-order valence-electron chi connectivity index (χ3n) is 3.99. The average Bonchev–Trinajstić information content (AvgIpc) is 2.80. The van der Waals surface area contributed by atoms with E-state index in [1.807, 2.05) is 0 Å². The van der Waals surface area contributed by atoms with E-state index in [1.165, 1.54) is 21.3 Å². The molecule has 0 spiro atoms. The molecule has 34 heavy (non-hydrogen) atoms. The van der Waals surface area contributed by atoms with Gasteiger partial charge in [-0.3, -0.25) is 9.59 Å². The van der Waals surface area contributed by atoms with Crippen LogP contribution in [-0.2, 0) is 57.0 Å². The van der Waals surface area contributed by atoms with E-state index in [0.717, 1.165) is 0 Å². The van der Waals surface area contributed by atoms with E-state index in [4.69, 9.17) is 42.6 Å². The van der Waals surface area contributed by atoms with Crippen molar-refractivity contribution in [3.63, 3.8) is 0 Å². The maximum atomic E-state index is 12.5. The fourth-order valence-corrected chi connectivity index (χ4v) is 2.28. The molecule has 13 heteroatoms. The Hall–Kier alpha value is -1.87. The molecule has 0 amide bonds. The van der Waals surface area contributed by atoms with Crippen LogP contribution < -0.4 is 0 Å². The van der Waals surface area contributed by atoms with Crippen LogP contribution in [0.5, 0.6) is 0 Å². The molecular formula is C21H38O13. The van der Waals surface area contributed by atoms with Crippen molar-refractivity contribution in [1.82, 2.24) is 0 Å². The minimum atomic E-state index is -2.48. The van der Waals surface area contributed by atoms with Gasteiger partial charge in [-0.2, -0.15) is 0 Å². The summed E-state index contributed by atoms with van der Waals surface area (Å²) in [5.41, 5.74) is -2.48. The maximum Gasteiger partial charge on any atom is 0.339 e. The molecule has 0 aromatic carbocycles. The van der Waals surface area contributed by atoms with Gasteiger partial charge in [-0.15, -0.1) is 0 Å². The molecule has 0 heterocycles. The van der Waals surface area contributed by atoms with Crippen molar-refractivity contribution in [2.24, 2.45) is 0 Å². The first-order valence-corrected chi connectivity index (χ1v) is 10.8. The number of hydrogen-bond donors (Lipinski definition) is 1. The lowest BCUT2D eigenvalue weighted by Gasteiger charge is -2.24. The molecule has 0 saturated carbocycles. The van der Waals surface area contributed by atoms with Crippen molar-refractivity contribution in [1.29, 1.82) is 0 Å². The number of hydrogen-bond acceptors (Lipinski definition) is 13. The minimum Gasteiger partial charge on any atom is -0.463 e. The number of methoxy groups -OCH3 is 3. The molecule has 0 rings (SSSR count). The number of aliphatic hydroxyl groups is 1. The molecule has 0 aromatic heterocycles. The first kappa shape index (κ1) is 32.1. The van der Waals surface area contributed by atoms with Gasteiger partial charge in [0.1, 0.15) is 19.8 Å². The summed E-state index contributed by atoms with van der Waals surface area (Å²) in [6, 6.07) is 0. The predicted molar refractivity (Wildman–Crippen MR) is 115 cm³/mol. The van der Waals surface area contributed by atoms with E-state index in [-0.39, 0.29) is 46.2 Å². The number of ether oxygens (including phenoxy) is 9. The summed E-state index contributed by atoms with van der Waals surface area (Å²) in [4.78, 5) is 36.8. The third kappa shape index (κ3) is 17.6. The highest BCUT2D eigenvalue weighted by atomic mass is 16.6. The second-order valence-corrected chi connectivity index (χ2v) is 6.78. The van der Waals surface area contributed by atoms with Crippen LogP contribution in [0.25, 0.3) is 0 Å². The molecule has 0 aliphatic carbocycles. The normalized spacial score (nSPS) is 11.3. The molecule has 0 atom stereocenters. The molecular weight excluding hydrogens is 460 g/mol. The lowest BCUT2D eigenvalue weighted by atomic mass is 9.95. The molecule has 13 nitrogen and oxygen atoms in total. The van der Waals surface area contributed by atoms with Gasteiger partial charge in [0.05, 0.1) is 72.3 Å². The van der Waals surface area contributed by atoms with E-state index in [9.17, 15) is 19.5 Å². The Balaban J connectivity index is 4.68. The fourth-order valence-electron chi connectivity index (χ4n) is 2.28. The van der Waals surface area contributed by atoms with Gasteiger partial charge in [-0.05, 0) is 0 Å². The Morgan fingerprint density at radius 1 is 0.529 bits per heavy atom. The van der Waals surface area contributed by atoms with E-state index in [2.05, 4.69) is 0 Å². The maximum absolute atomic E-state index is 12.5. The van der Waals surface area contributed by atoms with Gasteiger partial charge in [0.2, 0.25) is 0 Å². The number of rotatable bonds is 23. The van der Waals surface area contributed by atoms with E-state index >= 15 is 0 Å². The van der Waals surface area contributed by atoms with Crippen LogP contribution in [-0.4, -0.2) is 129 Å². The first-order chi connectivity index (χ1) is 16.4. The summed E-state index contributed by atoms with van der Waals surface area (Å²) in [6.45, 7) is 1.87. The third-order valence-corrected chi connectivity index (χ3v) is 3.99. The second kappa shape index (κ2) is 21.6. The zero-order valence-corrected chi connectivity index (χ0v) is 20.2. The highest BCUT2D eigenvalue weighted by molar-refractivity contribution is 5.90. The summed E-state index contributed by atoms with van der Waals surface area (Å²) >= 11 is 0. The number of esters is 3. The van der Waals surface area contributed by atoms with Crippen molar-refractivity contribution in [3.8, 4) is 0 Å². The van der Waals surface area contributed by atoms with Crippen LogP contribution in [0, 0.1) is 0 Å². The van der Waals surface area contributed by atoms with Gasteiger partial charge in [0.25, 0.3) is 0 Å². The van der Waals surface area contributed by atoms with Crippen LogP contribution in [0.2, 0.25) is 0 Å². The van der Waals surface area contributed by atoms with E-state index < -0.39 is 36.4 Å². The Morgan fingerprint density at radius 2 is 0.853 bits per heavy atom. The smallest absolute Gasteiger partial charge is 0.339 e. The molecule has 0 bridgehead atoms. The summed E-state index contributed by atoms with van der Waals surface area (Å²) < 4.78 is 44.9. The highest BCUT2D eigenvalue weighted by Crippen LogP contribution is 2.20. The SMILES string of the molecule is COCCOCCOC(=O)CC(O)(CC(=O)OCCOCCOC)C(=O)OCCOCCOC. The van der Waals surface area contributed by atoms with Crippen LogP contribution >= 0.6 is 0 Å². The monoisotopic (exact) mass is 498 g/mol. The molecule has 1 N–H and O–H groups in total. The Morgan fingerprint density at radius 3 is 1.21 bits per heavy atom. The van der Waals surface area contributed by atoms with Crippen molar-refractivity contribution in [2.75, 3.05) is 101 Å². The van der Waals surface area contributed by atoms with Crippen LogP contribution in [0.15, 0.2) is 0 Å². The van der Waals surface area contributed by atoms with E-state index in [0.29, 0.717) is 33.0 Å². The molecule has 0 aliphatic rings. The predicted octanol–water partition coefficient (Wildman–Crippen LogP) is -0.884. The lowest BCUT2D eigenvalue weighted by molar-refractivity contribution is -0.179. The van der Waals surface area contributed by atoms with Crippen LogP contribution in [0.4, 0.5) is 0 Å². The summed E-state index contributed by atoms with van der Waals surface area (Å²) in [6.07, 6.45) is -1.62. The largest absolute Gasteiger partial charge is 0.463 e. The second-order valence-electron chi connectivity index (χ2n) is 6.78. The van der Waals surface area contributed by atoms with Gasteiger partial charge in [0, 0.05) is 21.3 Å². The zero-order valence-electron chi connectivity index (χ0n) is 20.2. The quantitative estimate of drug-likeness (QED) is 0.105. The number of carbonyl (C=O) groups excluding carboxylic acids is 3. The molecule has 0 radical (unpaired) electrons. The molecule has 0 aromatic rings. The zero-order chi connectivity index (χ0) is 25.5. The molecule has 0 fully saturated rings. The van der Waals surface area contributed by atoms with Crippen molar-refractivity contribution < 1.29 is 62.1 Å².